The average molecular weight is 193 g/mol. The lowest BCUT2D eigenvalue weighted by Gasteiger charge is -2.03. The molecule has 1 aromatic rings. The Morgan fingerprint density at radius 3 is 2.86 bits per heavy atom. The monoisotopic (exact) mass is 193 g/mol. The van der Waals surface area contributed by atoms with E-state index in [-0.39, 0.29) is 11.5 Å². The zero-order chi connectivity index (χ0) is 10.6. The summed E-state index contributed by atoms with van der Waals surface area (Å²) in [6.07, 6.45) is 2.27. The minimum Gasteiger partial charge on any atom is -0.507 e. The van der Waals surface area contributed by atoms with Crippen LogP contribution in [-0.2, 0) is 0 Å². The predicted octanol–water partition coefficient (Wildman–Crippen LogP) is 2.35. The Morgan fingerprint density at radius 1 is 1.50 bits per heavy atom. The zero-order valence-electron chi connectivity index (χ0n) is 8.29. The quantitative estimate of drug-likeness (QED) is 0.438. The van der Waals surface area contributed by atoms with E-state index in [1.807, 2.05) is 6.92 Å². The first-order valence-electron chi connectivity index (χ1n) is 4.77. The summed E-state index contributed by atoms with van der Waals surface area (Å²) in [5, 5.41) is 9.43. The first-order valence-corrected chi connectivity index (χ1v) is 4.77. The maximum atomic E-state index is 11.6. The third-order valence-electron chi connectivity index (χ3n) is 2.08. The lowest BCUT2D eigenvalue weighted by Crippen LogP contribution is -2.00. The topological polar surface area (TPSA) is 63.3 Å². The van der Waals surface area contributed by atoms with Gasteiger partial charge in [-0.15, -0.1) is 0 Å². The van der Waals surface area contributed by atoms with Gasteiger partial charge in [0.1, 0.15) is 5.75 Å². The predicted molar refractivity (Wildman–Crippen MR) is 56.4 cm³/mol. The van der Waals surface area contributed by atoms with E-state index >= 15 is 0 Å². The molecule has 0 aliphatic carbocycles. The maximum Gasteiger partial charge on any atom is 0.166 e. The fourth-order valence-corrected chi connectivity index (χ4v) is 1.25. The van der Waals surface area contributed by atoms with Gasteiger partial charge in [-0.2, -0.15) is 0 Å². The molecule has 14 heavy (non-hydrogen) atoms. The van der Waals surface area contributed by atoms with Crippen LogP contribution in [0.2, 0.25) is 0 Å². The van der Waals surface area contributed by atoms with Gasteiger partial charge in [0.05, 0.1) is 5.56 Å². The molecule has 0 saturated carbocycles. The summed E-state index contributed by atoms with van der Waals surface area (Å²) in [6.45, 7) is 2.02. The molecule has 0 atom stereocenters. The summed E-state index contributed by atoms with van der Waals surface area (Å²) in [6, 6.07) is 4.55. The zero-order valence-corrected chi connectivity index (χ0v) is 8.29. The van der Waals surface area contributed by atoms with E-state index in [1.165, 1.54) is 12.1 Å². The molecule has 0 bridgehead atoms. The van der Waals surface area contributed by atoms with Gasteiger partial charge in [0.2, 0.25) is 0 Å². The molecule has 0 unspecified atom stereocenters. The highest BCUT2D eigenvalue weighted by molar-refractivity contribution is 5.99. The number of phenols is 1. The molecule has 76 valence electrons. The van der Waals surface area contributed by atoms with Gasteiger partial charge in [0.25, 0.3) is 0 Å². The third kappa shape index (κ3) is 2.49. The molecule has 3 nitrogen and oxygen atoms in total. The van der Waals surface area contributed by atoms with Crippen LogP contribution >= 0.6 is 0 Å². The minimum absolute atomic E-state index is 0.0142. The second-order valence-electron chi connectivity index (χ2n) is 3.30. The summed E-state index contributed by atoms with van der Waals surface area (Å²) in [4.78, 5) is 11.6. The standard InChI is InChI=1S/C11H15NO2/c1-2-3-4-10(13)9-7-8(12)5-6-11(9)14/h5-7,14H,2-4,12H2,1H3. The van der Waals surface area contributed by atoms with Crippen LogP contribution in [0.1, 0.15) is 36.5 Å². The van der Waals surface area contributed by atoms with Crippen LogP contribution < -0.4 is 5.73 Å². The molecule has 0 heterocycles. The number of Topliss-reactive ketones (excluding diaryl/α,β-unsaturated/α-hetero) is 1. The largest absolute Gasteiger partial charge is 0.507 e. The SMILES string of the molecule is CCCCC(=O)c1cc(N)ccc1O. The maximum absolute atomic E-state index is 11.6. The van der Waals surface area contributed by atoms with E-state index in [9.17, 15) is 9.90 Å². The Kier molecular flexibility index (Phi) is 3.51. The third-order valence-corrected chi connectivity index (χ3v) is 2.08. The number of benzene rings is 1. The van der Waals surface area contributed by atoms with Gasteiger partial charge in [-0.05, 0) is 24.6 Å². The first kappa shape index (κ1) is 10.6. The second kappa shape index (κ2) is 4.65. The molecule has 0 spiro atoms. The van der Waals surface area contributed by atoms with Crippen molar-refractivity contribution < 1.29 is 9.90 Å². The number of unbranched alkanes of at least 4 members (excludes halogenated alkanes) is 1. The number of nitrogens with two attached hydrogens (primary N) is 1. The van der Waals surface area contributed by atoms with E-state index in [2.05, 4.69) is 0 Å². The number of hydrogen-bond acceptors (Lipinski definition) is 3. The number of nitrogen functional groups attached to an aromatic ring is 1. The molecular formula is C11H15NO2. The lowest BCUT2D eigenvalue weighted by atomic mass is 10.0. The van der Waals surface area contributed by atoms with Crippen molar-refractivity contribution in [3.05, 3.63) is 23.8 Å². The van der Waals surface area contributed by atoms with Crippen molar-refractivity contribution in [3.63, 3.8) is 0 Å². The molecular weight excluding hydrogens is 178 g/mol. The van der Waals surface area contributed by atoms with Crippen molar-refractivity contribution in [3.8, 4) is 5.75 Å². The number of ketones is 1. The van der Waals surface area contributed by atoms with E-state index < -0.39 is 0 Å². The average Bonchev–Trinajstić information content (AvgIpc) is 2.18. The Hall–Kier alpha value is -1.51. The number of phenolic OH excluding ortho intramolecular Hbond substituents is 1. The number of aromatic hydroxyl groups is 1. The molecule has 0 fully saturated rings. The molecule has 0 aliphatic heterocycles. The number of carbonyl (C=O) groups excluding carboxylic acids is 1. The van der Waals surface area contributed by atoms with Crippen LogP contribution in [0.3, 0.4) is 0 Å². The fraction of sp³-hybridized carbons (Fsp3) is 0.364. The van der Waals surface area contributed by atoms with E-state index in [4.69, 9.17) is 5.73 Å². The van der Waals surface area contributed by atoms with Gasteiger partial charge < -0.3 is 10.8 Å². The van der Waals surface area contributed by atoms with Crippen molar-refractivity contribution in [2.24, 2.45) is 0 Å². The molecule has 3 heteroatoms. The molecule has 0 saturated heterocycles. The summed E-state index contributed by atoms with van der Waals surface area (Å²) >= 11 is 0. The summed E-state index contributed by atoms with van der Waals surface area (Å²) in [5.74, 6) is -0.0306. The van der Waals surface area contributed by atoms with Crippen molar-refractivity contribution in [1.29, 1.82) is 0 Å². The molecule has 0 radical (unpaired) electrons. The molecule has 3 N–H and O–H groups in total. The van der Waals surface area contributed by atoms with Gasteiger partial charge in [-0.3, -0.25) is 4.79 Å². The fourth-order valence-electron chi connectivity index (χ4n) is 1.25. The van der Waals surface area contributed by atoms with Crippen molar-refractivity contribution in [2.75, 3.05) is 5.73 Å². The number of rotatable bonds is 4. The number of anilines is 1. The number of carbonyl (C=O) groups is 1. The van der Waals surface area contributed by atoms with Crippen LogP contribution in [0, 0.1) is 0 Å². The van der Waals surface area contributed by atoms with Crippen LogP contribution in [0.15, 0.2) is 18.2 Å². The highest BCUT2D eigenvalue weighted by atomic mass is 16.3. The Morgan fingerprint density at radius 2 is 2.21 bits per heavy atom. The summed E-state index contributed by atoms with van der Waals surface area (Å²) in [7, 11) is 0. The summed E-state index contributed by atoms with van der Waals surface area (Å²) in [5.41, 5.74) is 6.36. The summed E-state index contributed by atoms with van der Waals surface area (Å²) < 4.78 is 0. The van der Waals surface area contributed by atoms with Gasteiger partial charge in [0, 0.05) is 12.1 Å². The second-order valence-corrected chi connectivity index (χ2v) is 3.30. The van der Waals surface area contributed by atoms with Gasteiger partial charge in [0.15, 0.2) is 5.78 Å². The van der Waals surface area contributed by atoms with Crippen molar-refractivity contribution in [2.45, 2.75) is 26.2 Å². The molecule has 0 aliphatic rings. The molecule has 0 aromatic heterocycles. The molecule has 1 rings (SSSR count). The Labute approximate surface area is 83.6 Å². The van der Waals surface area contributed by atoms with Crippen LogP contribution in [0.25, 0.3) is 0 Å². The van der Waals surface area contributed by atoms with Crippen LogP contribution in [0.5, 0.6) is 5.75 Å². The van der Waals surface area contributed by atoms with E-state index in [0.29, 0.717) is 17.7 Å². The van der Waals surface area contributed by atoms with Crippen LogP contribution in [-0.4, -0.2) is 10.9 Å². The smallest absolute Gasteiger partial charge is 0.166 e. The Balaban J connectivity index is 2.83. The molecule has 1 aromatic carbocycles. The highest BCUT2D eigenvalue weighted by Crippen LogP contribution is 2.21. The first-order chi connectivity index (χ1) is 6.65. The van der Waals surface area contributed by atoms with Gasteiger partial charge >= 0.3 is 0 Å². The minimum atomic E-state index is -0.0448. The molecule has 0 amide bonds. The van der Waals surface area contributed by atoms with Crippen molar-refractivity contribution in [1.82, 2.24) is 0 Å². The Bertz CT molecular complexity index is 334. The normalized spacial score (nSPS) is 10.1. The van der Waals surface area contributed by atoms with E-state index in [1.54, 1.807) is 6.07 Å². The lowest BCUT2D eigenvalue weighted by molar-refractivity contribution is 0.0977. The van der Waals surface area contributed by atoms with Crippen LogP contribution in [0.4, 0.5) is 5.69 Å². The van der Waals surface area contributed by atoms with Gasteiger partial charge in [-0.1, -0.05) is 13.3 Å². The van der Waals surface area contributed by atoms with E-state index in [0.717, 1.165) is 12.8 Å². The van der Waals surface area contributed by atoms with Gasteiger partial charge in [-0.25, -0.2) is 0 Å². The highest BCUT2D eigenvalue weighted by Gasteiger charge is 2.10. The number of hydrogen-bond donors (Lipinski definition) is 2. The van der Waals surface area contributed by atoms with Crippen molar-refractivity contribution >= 4 is 11.5 Å².